The van der Waals surface area contributed by atoms with E-state index in [-0.39, 0.29) is 12.4 Å². The molecule has 1 N–H and O–H groups in total. The van der Waals surface area contributed by atoms with Gasteiger partial charge in [0, 0.05) is 44.0 Å². The lowest BCUT2D eigenvalue weighted by molar-refractivity contribution is 0.0664. The van der Waals surface area contributed by atoms with Crippen molar-refractivity contribution in [1.29, 1.82) is 0 Å². The Bertz CT molecular complexity index is 786. The van der Waals surface area contributed by atoms with Crippen LogP contribution in [0.25, 0.3) is 0 Å². The van der Waals surface area contributed by atoms with E-state index in [0.29, 0.717) is 22.3 Å². The number of carbonyl (C=O) groups is 1. The van der Waals surface area contributed by atoms with Crippen LogP contribution in [0.1, 0.15) is 17.3 Å². The third-order valence-corrected chi connectivity index (χ3v) is 5.41. The Morgan fingerprint density at radius 2 is 1.68 bits per heavy atom. The number of aliphatic hydroxyl groups is 1. The number of hydrogen-bond donors (Lipinski definition) is 1. The topological polar surface area (TPSA) is 53.0 Å². The Morgan fingerprint density at radius 3 is 2.25 bits per heavy atom. The van der Waals surface area contributed by atoms with E-state index in [9.17, 15) is 9.90 Å². The minimum atomic E-state index is -0.631. The van der Waals surface area contributed by atoms with Gasteiger partial charge in [0.1, 0.15) is 12.7 Å². The average molecular weight is 423 g/mol. The number of halogens is 2. The summed E-state index contributed by atoms with van der Waals surface area (Å²) in [6, 6.07) is 12.9. The maximum absolute atomic E-state index is 11.4. The molecule has 0 bridgehead atoms. The summed E-state index contributed by atoms with van der Waals surface area (Å²) in [6.45, 7) is 5.65. The summed E-state index contributed by atoms with van der Waals surface area (Å²) >= 11 is 12.2. The molecule has 2 aromatic carbocycles. The average Bonchev–Trinajstić information content (AvgIpc) is 2.68. The first kappa shape index (κ1) is 20.9. The Balaban J connectivity index is 1.45. The quantitative estimate of drug-likeness (QED) is 0.688. The highest BCUT2D eigenvalue weighted by Crippen LogP contribution is 2.32. The molecule has 0 amide bonds. The molecule has 1 fully saturated rings. The number of piperazine rings is 1. The number of anilines is 1. The molecule has 5 nitrogen and oxygen atoms in total. The number of Topliss-reactive ketones (excluding diaryl/α,β-unsaturated/α-hetero) is 1. The molecule has 2 aromatic rings. The number of rotatable bonds is 7. The van der Waals surface area contributed by atoms with Gasteiger partial charge in [-0.3, -0.25) is 9.69 Å². The van der Waals surface area contributed by atoms with Crippen LogP contribution in [0.5, 0.6) is 5.75 Å². The van der Waals surface area contributed by atoms with Crippen molar-refractivity contribution in [1.82, 2.24) is 4.90 Å². The van der Waals surface area contributed by atoms with Crippen LogP contribution < -0.4 is 9.64 Å². The normalized spacial score (nSPS) is 16.1. The highest BCUT2D eigenvalue weighted by molar-refractivity contribution is 6.37. The molecule has 150 valence electrons. The van der Waals surface area contributed by atoms with E-state index in [0.717, 1.165) is 37.4 Å². The third-order valence-electron chi connectivity index (χ3n) is 4.82. The summed E-state index contributed by atoms with van der Waals surface area (Å²) in [5, 5.41) is 11.2. The second-order valence-electron chi connectivity index (χ2n) is 6.91. The van der Waals surface area contributed by atoms with Gasteiger partial charge in [0.2, 0.25) is 0 Å². The molecular formula is C21H24Cl2N2O3. The van der Waals surface area contributed by atoms with Crippen molar-refractivity contribution in [3.05, 3.63) is 58.1 Å². The Hall–Kier alpha value is -1.79. The molecule has 0 aromatic heterocycles. The molecule has 1 saturated heterocycles. The number of carbonyl (C=O) groups excluding carboxylic acids is 1. The first-order valence-corrected chi connectivity index (χ1v) is 10.0. The zero-order chi connectivity index (χ0) is 20.1. The molecule has 1 atom stereocenters. The minimum absolute atomic E-state index is 0.0747. The van der Waals surface area contributed by atoms with E-state index >= 15 is 0 Å². The van der Waals surface area contributed by atoms with E-state index in [1.165, 1.54) is 0 Å². The number of β-amino-alcohol motifs (C(OH)–C–C–N with tert-alkyl or cyclic N) is 1. The molecular weight excluding hydrogens is 399 g/mol. The number of ether oxygens (including phenoxy) is 1. The van der Waals surface area contributed by atoms with Crippen molar-refractivity contribution in [2.24, 2.45) is 0 Å². The maximum Gasteiger partial charge on any atom is 0.159 e. The van der Waals surface area contributed by atoms with E-state index in [1.54, 1.807) is 25.1 Å². The Labute approximate surface area is 175 Å². The van der Waals surface area contributed by atoms with Gasteiger partial charge in [0.25, 0.3) is 0 Å². The van der Waals surface area contributed by atoms with E-state index < -0.39 is 6.10 Å². The van der Waals surface area contributed by atoms with E-state index in [4.69, 9.17) is 27.9 Å². The molecule has 0 radical (unpaired) electrons. The standard InChI is InChI=1S/C21H24Cl2N2O3/c1-15(26)16-5-7-17(8-6-16)25-11-9-24(10-12-25)13-18(27)14-28-21-19(22)3-2-4-20(21)23/h2-8,18,27H,9-14H2,1H3/t18-/m1/s1. The fraction of sp³-hybridized carbons (Fsp3) is 0.381. The van der Waals surface area contributed by atoms with Crippen LogP contribution in [0.3, 0.4) is 0 Å². The summed E-state index contributed by atoms with van der Waals surface area (Å²) in [4.78, 5) is 15.9. The van der Waals surface area contributed by atoms with Crippen LogP contribution in [0.4, 0.5) is 5.69 Å². The molecule has 0 spiro atoms. The predicted molar refractivity (Wildman–Crippen MR) is 113 cm³/mol. The molecule has 0 saturated carbocycles. The van der Waals surface area contributed by atoms with Crippen LogP contribution in [0, 0.1) is 0 Å². The molecule has 7 heteroatoms. The van der Waals surface area contributed by atoms with Crippen molar-refractivity contribution >= 4 is 34.7 Å². The first-order valence-electron chi connectivity index (χ1n) is 9.27. The second-order valence-corrected chi connectivity index (χ2v) is 7.72. The first-order chi connectivity index (χ1) is 13.4. The van der Waals surface area contributed by atoms with Gasteiger partial charge in [-0.25, -0.2) is 0 Å². The summed E-state index contributed by atoms with van der Waals surface area (Å²) in [5.74, 6) is 0.481. The summed E-state index contributed by atoms with van der Waals surface area (Å²) in [6.07, 6.45) is -0.631. The molecule has 0 unspecified atom stereocenters. The van der Waals surface area contributed by atoms with Crippen molar-refractivity contribution in [3.63, 3.8) is 0 Å². The Kier molecular flexibility index (Phi) is 7.18. The SMILES string of the molecule is CC(=O)c1ccc(N2CCN(C[C@@H](O)COc3c(Cl)cccc3Cl)CC2)cc1. The van der Waals surface area contributed by atoms with Crippen LogP contribution >= 0.6 is 23.2 Å². The summed E-state index contributed by atoms with van der Waals surface area (Å²) < 4.78 is 5.61. The predicted octanol–water partition coefficient (Wildman–Crippen LogP) is 3.76. The van der Waals surface area contributed by atoms with Gasteiger partial charge in [-0.2, -0.15) is 0 Å². The summed E-state index contributed by atoms with van der Waals surface area (Å²) in [5.41, 5.74) is 1.84. The van der Waals surface area contributed by atoms with Gasteiger partial charge in [-0.15, -0.1) is 0 Å². The Morgan fingerprint density at radius 1 is 1.07 bits per heavy atom. The number of benzene rings is 2. The lowest BCUT2D eigenvalue weighted by Crippen LogP contribution is -2.49. The fourth-order valence-corrected chi connectivity index (χ4v) is 3.75. The van der Waals surface area contributed by atoms with Gasteiger partial charge >= 0.3 is 0 Å². The van der Waals surface area contributed by atoms with Crippen LogP contribution in [-0.2, 0) is 0 Å². The van der Waals surface area contributed by atoms with Gasteiger partial charge in [0.05, 0.1) is 10.0 Å². The molecule has 0 aliphatic carbocycles. The smallest absolute Gasteiger partial charge is 0.159 e. The van der Waals surface area contributed by atoms with Gasteiger partial charge < -0.3 is 14.7 Å². The molecule has 3 rings (SSSR count). The highest BCUT2D eigenvalue weighted by atomic mass is 35.5. The zero-order valence-electron chi connectivity index (χ0n) is 15.8. The third kappa shape index (κ3) is 5.39. The largest absolute Gasteiger partial charge is 0.488 e. The number of para-hydroxylation sites is 1. The zero-order valence-corrected chi connectivity index (χ0v) is 17.3. The van der Waals surface area contributed by atoms with Crippen LogP contribution in [0.2, 0.25) is 10.0 Å². The van der Waals surface area contributed by atoms with E-state index in [2.05, 4.69) is 9.80 Å². The highest BCUT2D eigenvalue weighted by Gasteiger charge is 2.20. The second kappa shape index (κ2) is 9.61. The van der Waals surface area contributed by atoms with Gasteiger partial charge in [-0.05, 0) is 43.3 Å². The molecule has 1 heterocycles. The number of hydrogen-bond acceptors (Lipinski definition) is 5. The monoisotopic (exact) mass is 422 g/mol. The van der Waals surface area contributed by atoms with E-state index in [1.807, 2.05) is 24.3 Å². The summed E-state index contributed by atoms with van der Waals surface area (Å²) in [7, 11) is 0. The lowest BCUT2D eigenvalue weighted by atomic mass is 10.1. The van der Waals surface area contributed by atoms with Crippen LogP contribution in [-0.4, -0.2) is 61.2 Å². The minimum Gasteiger partial charge on any atom is -0.488 e. The number of aliphatic hydroxyl groups excluding tert-OH is 1. The van der Waals surface area contributed by atoms with Crippen LogP contribution in [0.15, 0.2) is 42.5 Å². The molecule has 28 heavy (non-hydrogen) atoms. The van der Waals surface area contributed by atoms with Gasteiger partial charge in [-0.1, -0.05) is 29.3 Å². The maximum atomic E-state index is 11.4. The lowest BCUT2D eigenvalue weighted by Gasteiger charge is -2.37. The number of nitrogens with zero attached hydrogens (tertiary/aromatic N) is 2. The number of ketones is 1. The van der Waals surface area contributed by atoms with Gasteiger partial charge in [0.15, 0.2) is 11.5 Å². The molecule has 1 aliphatic rings. The fourth-order valence-electron chi connectivity index (χ4n) is 3.25. The van der Waals surface area contributed by atoms with Crippen molar-refractivity contribution in [2.75, 3.05) is 44.2 Å². The van der Waals surface area contributed by atoms with Crippen molar-refractivity contribution < 1.29 is 14.6 Å². The van der Waals surface area contributed by atoms with Crippen molar-refractivity contribution in [3.8, 4) is 5.75 Å². The molecule has 1 aliphatic heterocycles. The van der Waals surface area contributed by atoms with Crippen molar-refractivity contribution in [2.45, 2.75) is 13.0 Å².